The monoisotopic (exact) mass is 522 g/mol. The topological polar surface area (TPSA) is 174 Å². The van der Waals surface area contributed by atoms with Crippen molar-refractivity contribution >= 4 is 11.6 Å². The van der Waals surface area contributed by atoms with Gasteiger partial charge < -0.3 is 40.1 Å². The number of Topliss-reactive ketones (excluding diaryl/α,β-unsaturated/α-hetero) is 1. The number of allylic oxidation sites excluding steroid dienone is 4. The van der Waals surface area contributed by atoms with Gasteiger partial charge in [0, 0.05) is 16.7 Å². The molecule has 10 heteroatoms. The second-order valence-electron chi connectivity index (χ2n) is 12.0. The Labute approximate surface area is 215 Å². The van der Waals surface area contributed by atoms with Crippen LogP contribution in [0.4, 0.5) is 0 Å². The van der Waals surface area contributed by atoms with Crippen LogP contribution in [0.3, 0.4) is 0 Å². The second-order valence-corrected chi connectivity index (χ2v) is 12.0. The van der Waals surface area contributed by atoms with Crippen molar-refractivity contribution in [3.05, 3.63) is 23.8 Å². The van der Waals surface area contributed by atoms with Gasteiger partial charge in [-0.15, -0.1) is 0 Å². The molecule has 206 valence electrons. The molecule has 0 aromatic carbocycles. The Balaban J connectivity index is 1.34. The van der Waals surface area contributed by atoms with E-state index in [1.807, 2.05) is 13.0 Å². The summed E-state index contributed by atoms with van der Waals surface area (Å²) < 4.78 is 10.8. The lowest BCUT2D eigenvalue weighted by atomic mass is 9.46. The number of ketones is 2. The molecule has 0 aromatic heterocycles. The van der Waals surface area contributed by atoms with E-state index in [-0.39, 0.29) is 36.4 Å². The first-order valence-electron chi connectivity index (χ1n) is 13.2. The van der Waals surface area contributed by atoms with Crippen molar-refractivity contribution < 1.29 is 49.7 Å². The minimum absolute atomic E-state index is 0.0217. The second kappa shape index (κ2) is 9.31. The van der Waals surface area contributed by atoms with Crippen LogP contribution < -0.4 is 0 Å². The molecular formula is C27H38O10. The number of aliphatic hydroxyl groups is 6. The highest BCUT2D eigenvalue weighted by molar-refractivity contribution is 6.01. The molecule has 1 unspecified atom stereocenters. The summed E-state index contributed by atoms with van der Waals surface area (Å²) in [4.78, 5) is 25.4. The van der Waals surface area contributed by atoms with E-state index in [0.717, 1.165) is 18.4 Å². The quantitative estimate of drug-likeness (QED) is 0.273. The van der Waals surface area contributed by atoms with Gasteiger partial charge in [-0.2, -0.15) is 0 Å². The van der Waals surface area contributed by atoms with Gasteiger partial charge in [-0.1, -0.05) is 25.5 Å². The van der Waals surface area contributed by atoms with Crippen molar-refractivity contribution in [2.75, 3.05) is 13.2 Å². The highest BCUT2D eigenvalue weighted by Gasteiger charge is 2.68. The van der Waals surface area contributed by atoms with Crippen LogP contribution in [0, 0.1) is 28.6 Å². The third-order valence-electron chi connectivity index (χ3n) is 10.3. The fourth-order valence-corrected chi connectivity index (χ4v) is 8.27. The molecule has 6 N–H and O–H groups in total. The molecule has 4 fully saturated rings. The summed E-state index contributed by atoms with van der Waals surface area (Å²) in [7, 11) is 0. The number of hydrogen-bond donors (Lipinski definition) is 6. The summed E-state index contributed by atoms with van der Waals surface area (Å²) in [6.07, 6.45) is -0.603. The average Bonchev–Trinajstić information content (AvgIpc) is 3.13. The first-order valence-corrected chi connectivity index (χ1v) is 13.2. The predicted octanol–water partition coefficient (Wildman–Crippen LogP) is -0.618. The first kappa shape index (κ1) is 27.1. The molecule has 10 nitrogen and oxygen atoms in total. The normalized spacial score (nSPS) is 51.2. The summed E-state index contributed by atoms with van der Waals surface area (Å²) >= 11 is 0. The Morgan fingerprint density at radius 3 is 2.57 bits per heavy atom. The zero-order chi connectivity index (χ0) is 26.9. The maximum absolute atomic E-state index is 13.5. The third-order valence-corrected chi connectivity index (χ3v) is 10.3. The highest BCUT2D eigenvalue weighted by atomic mass is 16.7. The molecular weight excluding hydrogens is 484 g/mol. The number of carbonyl (C=O) groups excluding carboxylic acids is 2. The van der Waals surface area contributed by atoms with Crippen molar-refractivity contribution in [2.45, 2.75) is 88.4 Å². The Kier molecular flexibility index (Phi) is 6.81. The zero-order valence-corrected chi connectivity index (χ0v) is 21.2. The lowest BCUT2D eigenvalue weighted by molar-refractivity contribution is -0.300. The van der Waals surface area contributed by atoms with Gasteiger partial charge in [0.15, 0.2) is 17.9 Å². The van der Waals surface area contributed by atoms with Crippen LogP contribution in [-0.4, -0.2) is 97.8 Å². The standard InChI is InChI=1S/C27H38O10/c1-25-7-5-14(29)9-13(25)3-4-15-16-6-8-27(35,26(16,2)10-17(30)20(15)25)19(31)12-36-24-23(34)22(33)21(32)18(11-28)37-24/h5,7,9,15-18,20-24,28,30,32-35H,3-4,6,8,10-12H2,1-2H3/t15-,16-,17-,18+,20+,21+,22-,23+,24?,25-,26-,27-/m0/s1. The van der Waals surface area contributed by atoms with Crippen LogP contribution >= 0.6 is 0 Å². The predicted molar refractivity (Wildman–Crippen MR) is 128 cm³/mol. The lowest BCUT2D eigenvalue weighted by Crippen LogP contribution is -2.62. The molecule has 0 amide bonds. The Hall–Kier alpha value is -1.50. The van der Waals surface area contributed by atoms with Crippen LogP contribution in [0.15, 0.2) is 23.8 Å². The number of hydrogen-bond acceptors (Lipinski definition) is 10. The minimum Gasteiger partial charge on any atom is -0.394 e. The molecule has 3 saturated carbocycles. The van der Waals surface area contributed by atoms with Crippen molar-refractivity contribution in [3.63, 3.8) is 0 Å². The third kappa shape index (κ3) is 3.91. The number of rotatable bonds is 5. The van der Waals surface area contributed by atoms with Crippen LogP contribution in [-0.2, 0) is 19.1 Å². The fourth-order valence-electron chi connectivity index (χ4n) is 8.27. The maximum atomic E-state index is 13.5. The Morgan fingerprint density at radius 2 is 1.86 bits per heavy atom. The van der Waals surface area contributed by atoms with Gasteiger partial charge in [-0.3, -0.25) is 9.59 Å². The summed E-state index contributed by atoms with van der Waals surface area (Å²) in [6.45, 7) is 2.68. The van der Waals surface area contributed by atoms with E-state index < -0.39 is 72.2 Å². The van der Waals surface area contributed by atoms with E-state index in [4.69, 9.17) is 9.47 Å². The molecule has 5 aliphatic rings. The van der Waals surface area contributed by atoms with Gasteiger partial charge in [-0.25, -0.2) is 0 Å². The molecule has 1 heterocycles. The smallest absolute Gasteiger partial charge is 0.190 e. The number of aliphatic hydroxyl groups excluding tert-OH is 5. The molecule has 0 radical (unpaired) electrons. The van der Waals surface area contributed by atoms with E-state index >= 15 is 0 Å². The average molecular weight is 523 g/mol. The molecule has 37 heavy (non-hydrogen) atoms. The van der Waals surface area contributed by atoms with E-state index in [9.17, 15) is 40.2 Å². The number of carbonyl (C=O) groups is 2. The van der Waals surface area contributed by atoms with Gasteiger partial charge in [0.25, 0.3) is 0 Å². The number of fused-ring (bicyclic) bond motifs is 5. The van der Waals surface area contributed by atoms with Gasteiger partial charge in [0.05, 0.1) is 12.7 Å². The summed E-state index contributed by atoms with van der Waals surface area (Å²) in [5.74, 6) is -0.738. The van der Waals surface area contributed by atoms with E-state index in [1.165, 1.54) is 0 Å². The largest absolute Gasteiger partial charge is 0.394 e. The molecule has 1 saturated heterocycles. The van der Waals surface area contributed by atoms with E-state index in [1.54, 1.807) is 12.2 Å². The van der Waals surface area contributed by atoms with E-state index in [2.05, 4.69) is 6.92 Å². The molecule has 1 aliphatic heterocycles. The zero-order valence-electron chi connectivity index (χ0n) is 21.2. The van der Waals surface area contributed by atoms with Gasteiger partial charge >= 0.3 is 0 Å². The minimum atomic E-state index is -1.77. The molecule has 12 atom stereocenters. The molecule has 0 spiro atoms. The Morgan fingerprint density at radius 1 is 1.14 bits per heavy atom. The van der Waals surface area contributed by atoms with Gasteiger partial charge in [-0.05, 0) is 56.1 Å². The lowest BCUT2D eigenvalue weighted by Gasteiger charge is -2.59. The molecule has 5 rings (SSSR count). The highest BCUT2D eigenvalue weighted by Crippen LogP contribution is 2.67. The Bertz CT molecular complexity index is 1010. The maximum Gasteiger partial charge on any atom is 0.190 e. The molecule has 0 aromatic rings. The SMILES string of the molecule is C[C@]12C=CC(=O)C=C1CC[C@@H]1[C@@H]2[C@@H](O)C[C@@]2(C)[C@H]1CC[C@]2(O)C(=O)COC1O[C@H](CO)[C@@H](O)[C@H](O)[C@H]1O. The first-order chi connectivity index (χ1) is 17.4. The molecule has 4 aliphatic carbocycles. The van der Waals surface area contributed by atoms with Crippen LogP contribution in [0.1, 0.15) is 46.0 Å². The van der Waals surface area contributed by atoms with Crippen molar-refractivity contribution in [2.24, 2.45) is 28.6 Å². The summed E-state index contributed by atoms with van der Waals surface area (Å²) in [6, 6.07) is 0. The van der Waals surface area contributed by atoms with Crippen molar-refractivity contribution in [1.82, 2.24) is 0 Å². The fraction of sp³-hybridized carbons (Fsp3) is 0.778. The van der Waals surface area contributed by atoms with Crippen LogP contribution in [0.5, 0.6) is 0 Å². The summed E-state index contributed by atoms with van der Waals surface area (Å²) in [5, 5.41) is 62.8. The molecule has 0 bridgehead atoms. The van der Waals surface area contributed by atoms with E-state index in [0.29, 0.717) is 6.42 Å². The number of ether oxygens (including phenoxy) is 2. The van der Waals surface area contributed by atoms with Gasteiger partial charge in [0.2, 0.25) is 0 Å². The van der Waals surface area contributed by atoms with Crippen molar-refractivity contribution in [3.8, 4) is 0 Å². The summed E-state index contributed by atoms with van der Waals surface area (Å²) in [5.41, 5.74) is -2.10. The van der Waals surface area contributed by atoms with Crippen LogP contribution in [0.25, 0.3) is 0 Å². The van der Waals surface area contributed by atoms with Crippen LogP contribution in [0.2, 0.25) is 0 Å². The van der Waals surface area contributed by atoms with Crippen molar-refractivity contribution in [1.29, 1.82) is 0 Å². The van der Waals surface area contributed by atoms with Gasteiger partial charge in [0.1, 0.15) is 36.6 Å².